The number of amides is 1. The van der Waals surface area contributed by atoms with Gasteiger partial charge in [-0.05, 0) is 42.1 Å². The minimum Gasteiger partial charge on any atom is -0.341 e. The Labute approximate surface area is 114 Å². The summed E-state index contributed by atoms with van der Waals surface area (Å²) < 4.78 is 1.81. The molecule has 1 fully saturated rings. The number of halogens is 1. The van der Waals surface area contributed by atoms with Crippen LogP contribution in [0.2, 0.25) is 0 Å². The van der Waals surface area contributed by atoms with Gasteiger partial charge in [0.25, 0.3) is 5.56 Å². The van der Waals surface area contributed by atoms with Crippen molar-refractivity contribution in [2.24, 2.45) is 0 Å². The first-order valence-electron chi connectivity index (χ1n) is 6.09. The predicted octanol–water partition coefficient (Wildman–Crippen LogP) is 1.33. The quantitative estimate of drug-likeness (QED) is 0.827. The van der Waals surface area contributed by atoms with Crippen molar-refractivity contribution in [2.45, 2.75) is 32.7 Å². The fraction of sp³-hybridized carbons (Fsp3) is 0.583. The highest BCUT2D eigenvalue weighted by atomic mass is 79.9. The maximum atomic E-state index is 12.1. The Balaban J connectivity index is 2.16. The van der Waals surface area contributed by atoms with E-state index in [0.29, 0.717) is 10.3 Å². The van der Waals surface area contributed by atoms with Crippen molar-refractivity contribution >= 4 is 21.8 Å². The second-order valence-corrected chi connectivity index (χ2v) is 5.34. The van der Waals surface area contributed by atoms with E-state index in [9.17, 15) is 9.59 Å². The standard InChI is InChI=1S/C12H16BrN3O2/c1-9-14-7-10(13)12(18)16(9)8-11(17)15-5-3-2-4-6-15/h7H,2-6,8H2,1H3. The fourth-order valence-corrected chi connectivity index (χ4v) is 2.43. The van der Waals surface area contributed by atoms with E-state index < -0.39 is 0 Å². The minimum atomic E-state index is -0.201. The van der Waals surface area contributed by atoms with Crippen LogP contribution < -0.4 is 5.56 Å². The van der Waals surface area contributed by atoms with Gasteiger partial charge in [-0.1, -0.05) is 0 Å². The molecule has 0 atom stereocenters. The third-order valence-electron chi connectivity index (χ3n) is 3.21. The number of hydrogen-bond donors (Lipinski definition) is 0. The zero-order valence-electron chi connectivity index (χ0n) is 10.4. The highest BCUT2D eigenvalue weighted by Crippen LogP contribution is 2.09. The molecule has 0 radical (unpaired) electrons. The molecule has 1 aliphatic heterocycles. The first kappa shape index (κ1) is 13.3. The molecule has 1 amide bonds. The Hall–Kier alpha value is -1.17. The number of nitrogens with zero attached hydrogens (tertiary/aromatic N) is 3. The summed E-state index contributed by atoms with van der Waals surface area (Å²) in [6.07, 6.45) is 4.76. The number of aromatic nitrogens is 2. The summed E-state index contributed by atoms with van der Waals surface area (Å²) >= 11 is 3.15. The van der Waals surface area contributed by atoms with E-state index in [1.807, 2.05) is 4.90 Å². The molecule has 1 aromatic heterocycles. The summed E-state index contributed by atoms with van der Waals surface area (Å²) in [6, 6.07) is 0. The lowest BCUT2D eigenvalue weighted by Gasteiger charge is -2.27. The number of hydrogen-bond acceptors (Lipinski definition) is 3. The fourth-order valence-electron chi connectivity index (χ4n) is 2.12. The van der Waals surface area contributed by atoms with Crippen molar-refractivity contribution in [3.05, 3.63) is 26.8 Å². The van der Waals surface area contributed by atoms with E-state index in [1.54, 1.807) is 6.92 Å². The van der Waals surface area contributed by atoms with Crippen LogP contribution in [0.15, 0.2) is 15.5 Å². The van der Waals surface area contributed by atoms with Crippen molar-refractivity contribution in [1.82, 2.24) is 14.5 Å². The Morgan fingerprint density at radius 2 is 2.06 bits per heavy atom. The van der Waals surface area contributed by atoms with Crippen molar-refractivity contribution in [1.29, 1.82) is 0 Å². The lowest BCUT2D eigenvalue weighted by molar-refractivity contribution is -0.132. The van der Waals surface area contributed by atoms with E-state index in [2.05, 4.69) is 20.9 Å². The summed E-state index contributed by atoms with van der Waals surface area (Å²) in [5, 5.41) is 0. The van der Waals surface area contributed by atoms with Gasteiger partial charge in [0, 0.05) is 19.3 Å². The van der Waals surface area contributed by atoms with E-state index in [-0.39, 0.29) is 18.0 Å². The number of aryl methyl sites for hydroxylation is 1. The van der Waals surface area contributed by atoms with Gasteiger partial charge in [0.2, 0.25) is 5.91 Å². The molecule has 1 aromatic rings. The second-order valence-electron chi connectivity index (χ2n) is 4.49. The van der Waals surface area contributed by atoms with Gasteiger partial charge in [-0.25, -0.2) is 4.98 Å². The number of rotatable bonds is 2. The smallest absolute Gasteiger partial charge is 0.268 e. The zero-order chi connectivity index (χ0) is 13.1. The molecule has 18 heavy (non-hydrogen) atoms. The molecule has 0 bridgehead atoms. The maximum Gasteiger partial charge on any atom is 0.268 e. The van der Waals surface area contributed by atoms with Gasteiger partial charge >= 0.3 is 0 Å². The van der Waals surface area contributed by atoms with E-state index in [4.69, 9.17) is 0 Å². The van der Waals surface area contributed by atoms with Gasteiger partial charge in [-0.2, -0.15) is 0 Å². The summed E-state index contributed by atoms with van der Waals surface area (Å²) in [6.45, 7) is 3.41. The molecule has 2 heterocycles. The number of piperidine rings is 1. The van der Waals surface area contributed by atoms with Crippen LogP contribution in [0.1, 0.15) is 25.1 Å². The molecule has 0 aromatic carbocycles. The summed E-state index contributed by atoms with van der Waals surface area (Å²) in [7, 11) is 0. The van der Waals surface area contributed by atoms with Crippen LogP contribution in [0.25, 0.3) is 0 Å². The molecule has 2 rings (SSSR count). The molecule has 0 unspecified atom stereocenters. The molecule has 0 saturated carbocycles. The largest absolute Gasteiger partial charge is 0.341 e. The first-order valence-corrected chi connectivity index (χ1v) is 6.88. The van der Waals surface area contributed by atoms with Crippen LogP contribution in [0.5, 0.6) is 0 Å². The number of likely N-dealkylation sites (tertiary alicyclic amines) is 1. The minimum absolute atomic E-state index is 0.000185. The average molecular weight is 314 g/mol. The SMILES string of the molecule is Cc1ncc(Br)c(=O)n1CC(=O)N1CCCCC1. The van der Waals surface area contributed by atoms with Crippen LogP contribution >= 0.6 is 15.9 Å². The van der Waals surface area contributed by atoms with Crippen LogP contribution in [0, 0.1) is 6.92 Å². The van der Waals surface area contributed by atoms with E-state index >= 15 is 0 Å². The summed E-state index contributed by atoms with van der Waals surface area (Å²) in [5.74, 6) is 0.563. The molecular weight excluding hydrogens is 298 g/mol. The third-order valence-corrected chi connectivity index (χ3v) is 3.75. The van der Waals surface area contributed by atoms with Gasteiger partial charge in [0.1, 0.15) is 16.8 Å². The zero-order valence-corrected chi connectivity index (χ0v) is 11.9. The van der Waals surface area contributed by atoms with Crippen molar-refractivity contribution < 1.29 is 4.79 Å². The first-order chi connectivity index (χ1) is 8.59. The van der Waals surface area contributed by atoms with Crippen LogP contribution in [-0.2, 0) is 11.3 Å². The van der Waals surface area contributed by atoms with Gasteiger partial charge in [0.15, 0.2) is 0 Å². The normalized spacial score (nSPS) is 15.8. The van der Waals surface area contributed by atoms with Crippen LogP contribution in [-0.4, -0.2) is 33.4 Å². The molecule has 6 heteroatoms. The van der Waals surface area contributed by atoms with Crippen molar-refractivity contribution in [3.8, 4) is 0 Å². The molecule has 0 spiro atoms. The second kappa shape index (κ2) is 5.65. The predicted molar refractivity (Wildman–Crippen MR) is 71.4 cm³/mol. The van der Waals surface area contributed by atoms with Crippen molar-refractivity contribution in [3.63, 3.8) is 0 Å². The average Bonchev–Trinajstić information content (AvgIpc) is 2.40. The van der Waals surface area contributed by atoms with E-state index in [0.717, 1.165) is 25.9 Å². The van der Waals surface area contributed by atoms with Gasteiger partial charge in [-0.15, -0.1) is 0 Å². The van der Waals surface area contributed by atoms with Gasteiger partial charge < -0.3 is 4.90 Å². The van der Waals surface area contributed by atoms with Gasteiger partial charge in [-0.3, -0.25) is 14.2 Å². The lowest BCUT2D eigenvalue weighted by Crippen LogP contribution is -2.40. The maximum absolute atomic E-state index is 12.1. The Kier molecular flexibility index (Phi) is 4.16. The Morgan fingerprint density at radius 3 is 2.72 bits per heavy atom. The number of carbonyl (C=O) groups excluding carboxylic acids is 1. The molecule has 0 aliphatic carbocycles. The monoisotopic (exact) mass is 313 g/mol. The topological polar surface area (TPSA) is 55.2 Å². The van der Waals surface area contributed by atoms with Crippen LogP contribution in [0.4, 0.5) is 0 Å². The molecule has 1 aliphatic rings. The van der Waals surface area contributed by atoms with Crippen molar-refractivity contribution in [2.75, 3.05) is 13.1 Å². The summed E-state index contributed by atoms with van der Waals surface area (Å²) in [5.41, 5.74) is -0.201. The molecule has 1 saturated heterocycles. The summed E-state index contributed by atoms with van der Waals surface area (Å²) in [4.78, 5) is 29.9. The molecule has 98 valence electrons. The van der Waals surface area contributed by atoms with E-state index in [1.165, 1.54) is 17.2 Å². The molecular formula is C12H16BrN3O2. The van der Waals surface area contributed by atoms with Crippen LogP contribution in [0.3, 0.4) is 0 Å². The highest BCUT2D eigenvalue weighted by molar-refractivity contribution is 9.10. The Bertz CT molecular complexity index is 507. The molecule has 0 N–H and O–H groups in total. The third kappa shape index (κ3) is 2.80. The van der Waals surface area contributed by atoms with Gasteiger partial charge in [0.05, 0.1) is 0 Å². The number of carbonyl (C=O) groups is 1. The lowest BCUT2D eigenvalue weighted by atomic mass is 10.1. The molecule has 5 nitrogen and oxygen atoms in total. The Morgan fingerprint density at radius 1 is 1.39 bits per heavy atom. The highest BCUT2D eigenvalue weighted by Gasteiger charge is 2.18.